The minimum atomic E-state index is 0.263. The number of nitrogens with one attached hydrogen (secondary N) is 1. The van der Waals surface area contributed by atoms with E-state index in [1.807, 2.05) is 12.1 Å². The van der Waals surface area contributed by atoms with Crippen molar-refractivity contribution in [1.29, 1.82) is 5.26 Å². The largest absolute Gasteiger partial charge is 0.381 e. The number of halogens is 1. The van der Waals surface area contributed by atoms with Gasteiger partial charge in [0.1, 0.15) is 6.07 Å². The van der Waals surface area contributed by atoms with E-state index in [-0.39, 0.29) is 6.04 Å². The molecule has 4 heteroatoms. The first kappa shape index (κ1) is 13.8. The SMILES string of the molecule is CCCCC(CN)Nc1ccc(C#N)c(Cl)c1. The predicted molar refractivity (Wildman–Crippen MR) is 72.2 cm³/mol. The number of nitrogens with two attached hydrogens (primary N) is 1. The van der Waals surface area contributed by atoms with E-state index in [9.17, 15) is 0 Å². The van der Waals surface area contributed by atoms with Gasteiger partial charge in [0.15, 0.2) is 0 Å². The van der Waals surface area contributed by atoms with Gasteiger partial charge in [-0.15, -0.1) is 0 Å². The van der Waals surface area contributed by atoms with E-state index < -0.39 is 0 Å². The van der Waals surface area contributed by atoms with Crippen LogP contribution in [0.2, 0.25) is 5.02 Å². The molecule has 0 amide bonds. The van der Waals surface area contributed by atoms with Gasteiger partial charge in [-0.2, -0.15) is 5.26 Å². The molecule has 0 saturated carbocycles. The lowest BCUT2D eigenvalue weighted by atomic mass is 10.1. The number of nitrogens with zero attached hydrogens (tertiary/aromatic N) is 1. The van der Waals surface area contributed by atoms with Crippen molar-refractivity contribution in [1.82, 2.24) is 0 Å². The Balaban J connectivity index is 2.67. The maximum Gasteiger partial charge on any atom is 0.101 e. The summed E-state index contributed by atoms with van der Waals surface area (Å²) >= 11 is 5.97. The van der Waals surface area contributed by atoms with Gasteiger partial charge in [-0.1, -0.05) is 31.4 Å². The summed E-state index contributed by atoms with van der Waals surface area (Å²) in [4.78, 5) is 0. The fourth-order valence-electron chi connectivity index (χ4n) is 1.63. The summed E-state index contributed by atoms with van der Waals surface area (Å²) in [5, 5.41) is 12.6. The predicted octanol–water partition coefficient (Wildman–Crippen LogP) is 3.14. The van der Waals surface area contributed by atoms with Gasteiger partial charge in [-0.05, 0) is 24.6 Å². The minimum Gasteiger partial charge on any atom is -0.381 e. The maximum atomic E-state index is 8.78. The first-order chi connectivity index (χ1) is 8.21. The molecule has 0 aromatic heterocycles. The van der Waals surface area contributed by atoms with Crippen LogP contribution in [0.5, 0.6) is 0 Å². The Bertz CT molecular complexity index is 398. The zero-order chi connectivity index (χ0) is 12.7. The van der Waals surface area contributed by atoms with E-state index in [0.29, 0.717) is 17.1 Å². The van der Waals surface area contributed by atoms with Crippen molar-refractivity contribution in [3.05, 3.63) is 28.8 Å². The highest BCUT2D eigenvalue weighted by Gasteiger charge is 2.07. The van der Waals surface area contributed by atoms with Crippen molar-refractivity contribution < 1.29 is 0 Å². The normalized spacial score (nSPS) is 11.9. The summed E-state index contributed by atoms with van der Waals surface area (Å²) in [7, 11) is 0. The number of benzene rings is 1. The molecule has 1 aromatic carbocycles. The molecule has 0 spiro atoms. The van der Waals surface area contributed by atoms with Crippen molar-refractivity contribution in [3.8, 4) is 6.07 Å². The summed E-state index contributed by atoms with van der Waals surface area (Å²) in [5.74, 6) is 0. The third-order valence-corrected chi connectivity index (χ3v) is 2.96. The third-order valence-electron chi connectivity index (χ3n) is 2.65. The number of hydrogen-bond acceptors (Lipinski definition) is 3. The van der Waals surface area contributed by atoms with E-state index >= 15 is 0 Å². The van der Waals surface area contributed by atoms with Crippen LogP contribution in [0, 0.1) is 11.3 Å². The fourth-order valence-corrected chi connectivity index (χ4v) is 1.85. The molecule has 1 unspecified atom stereocenters. The van der Waals surface area contributed by atoms with E-state index in [0.717, 1.165) is 24.9 Å². The van der Waals surface area contributed by atoms with Crippen LogP contribution in [-0.4, -0.2) is 12.6 Å². The average molecular weight is 252 g/mol. The molecule has 0 aliphatic heterocycles. The Morgan fingerprint density at radius 1 is 1.53 bits per heavy atom. The van der Waals surface area contributed by atoms with Crippen LogP contribution in [0.3, 0.4) is 0 Å². The van der Waals surface area contributed by atoms with Crippen LogP contribution < -0.4 is 11.1 Å². The minimum absolute atomic E-state index is 0.263. The summed E-state index contributed by atoms with van der Waals surface area (Å²) in [6.45, 7) is 2.75. The standard InChI is InChI=1S/C13H18ClN3/c1-2-3-4-12(9-16)17-11-6-5-10(8-15)13(14)7-11/h5-7,12,17H,2-4,9,16H2,1H3. The molecular formula is C13H18ClN3. The Kier molecular flexibility index (Phi) is 5.82. The highest BCUT2D eigenvalue weighted by atomic mass is 35.5. The summed E-state index contributed by atoms with van der Waals surface area (Å²) in [6, 6.07) is 7.66. The van der Waals surface area contributed by atoms with Crippen LogP contribution in [0.1, 0.15) is 31.7 Å². The Morgan fingerprint density at radius 3 is 2.82 bits per heavy atom. The second-order valence-corrected chi connectivity index (χ2v) is 4.43. The van der Waals surface area contributed by atoms with Crippen LogP contribution in [0.4, 0.5) is 5.69 Å². The molecule has 92 valence electrons. The van der Waals surface area contributed by atoms with Crippen LogP contribution >= 0.6 is 11.6 Å². The van der Waals surface area contributed by atoms with E-state index in [4.69, 9.17) is 22.6 Å². The van der Waals surface area contributed by atoms with Crippen molar-refractivity contribution in [2.75, 3.05) is 11.9 Å². The highest BCUT2D eigenvalue weighted by Crippen LogP contribution is 2.21. The molecule has 0 bridgehead atoms. The lowest BCUT2D eigenvalue weighted by molar-refractivity contribution is 0.614. The van der Waals surface area contributed by atoms with Crippen molar-refractivity contribution in [3.63, 3.8) is 0 Å². The van der Waals surface area contributed by atoms with Gasteiger partial charge in [0.2, 0.25) is 0 Å². The fraction of sp³-hybridized carbons (Fsp3) is 0.462. The molecule has 0 heterocycles. The molecule has 0 saturated heterocycles. The third kappa shape index (κ3) is 4.26. The number of unbranched alkanes of at least 4 members (excludes halogenated alkanes) is 1. The maximum absolute atomic E-state index is 8.78. The van der Waals surface area contributed by atoms with Gasteiger partial charge >= 0.3 is 0 Å². The second-order valence-electron chi connectivity index (χ2n) is 4.03. The molecular weight excluding hydrogens is 234 g/mol. The average Bonchev–Trinajstić information content (AvgIpc) is 2.34. The molecule has 1 atom stereocenters. The van der Waals surface area contributed by atoms with Crippen molar-refractivity contribution in [2.24, 2.45) is 5.73 Å². The Hall–Kier alpha value is -1.24. The topological polar surface area (TPSA) is 61.8 Å². The number of rotatable bonds is 6. The molecule has 0 aliphatic rings. The van der Waals surface area contributed by atoms with E-state index in [1.54, 1.807) is 12.1 Å². The summed E-state index contributed by atoms with van der Waals surface area (Å²) in [5.41, 5.74) is 7.12. The zero-order valence-corrected chi connectivity index (χ0v) is 10.8. The lowest BCUT2D eigenvalue weighted by Gasteiger charge is -2.18. The van der Waals surface area contributed by atoms with Crippen LogP contribution in [0.15, 0.2) is 18.2 Å². The molecule has 3 nitrogen and oxygen atoms in total. The van der Waals surface area contributed by atoms with E-state index in [1.165, 1.54) is 0 Å². The first-order valence-corrected chi connectivity index (χ1v) is 6.25. The van der Waals surface area contributed by atoms with Gasteiger partial charge in [0.05, 0.1) is 10.6 Å². The molecule has 1 rings (SSSR count). The number of hydrogen-bond donors (Lipinski definition) is 2. The molecule has 0 aliphatic carbocycles. The Morgan fingerprint density at radius 2 is 2.29 bits per heavy atom. The van der Waals surface area contributed by atoms with Crippen LogP contribution in [0.25, 0.3) is 0 Å². The Labute approximate surface area is 108 Å². The van der Waals surface area contributed by atoms with Gasteiger partial charge in [-0.3, -0.25) is 0 Å². The highest BCUT2D eigenvalue weighted by molar-refractivity contribution is 6.32. The summed E-state index contributed by atoms with van der Waals surface area (Å²) < 4.78 is 0. The van der Waals surface area contributed by atoms with Crippen molar-refractivity contribution >= 4 is 17.3 Å². The molecule has 17 heavy (non-hydrogen) atoms. The number of nitriles is 1. The van der Waals surface area contributed by atoms with Gasteiger partial charge < -0.3 is 11.1 Å². The quantitative estimate of drug-likeness (QED) is 0.817. The van der Waals surface area contributed by atoms with Gasteiger partial charge in [-0.25, -0.2) is 0 Å². The smallest absolute Gasteiger partial charge is 0.101 e. The first-order valence-electron chi connectivity index (χ1n) is 5.87. The molecule has 1 aromatic rings. The van der Waals surface area contributed by atoms with Gasteiger partial charge in [0.25, 0.3) is 0 Å². The lowest BCUT2D eigenvalue weighted by Crippen LogP contribution is -2.28. The molecule has 0 fully saturated rings. The second kappa shape index (κ2) is 7.16. The zero-order valence-electron chi connectivity index (χ0n) is 10.0. The van der Waals surface area contributed by atoms with E-state index in [2.05, 4.69) is 12.2 Å². The monoisotopic (exact) mass is 251 g/mol. The summed E-state index contributed by atoms with van der Waals surface area (Å²) in [6.07, 6.45) is 3.36. The molecule has 0 radical (unpaired) electrons. The molecule has 3 N–H and O–H groups in total. The van der Waals surface area contributed by atoms with Crippen molar-refractivity contribution in [2.45, 2.75) is 32.2 Å². The van der Waals surface area contributed by atoms with Crippen LogP contribution in [-0.2, 0) is 0 Å². The van der Waals surface area contributed by atoms with Gasteiger partial charge in [0, 0.05) is 18.3 Å². The number of anilines is 1.